The summed E-state index contributed by atoms with van der Waals surface area (Å²) in [5.41, 5.74) is 0.0605. The van der Waals surface area contributed by atoms with E-state index in [1.807, 2.05) is 0 Å². The average Bonchev–Trinajstić information content (AvgIpc) is 2.14. The first-order chi connectivity index (χ1) is 7.29. The summed E-state index contributed by atoms with van der Waals surface area (Å²) in [7, 11) is 0. The molecule has 90 valence electrons. The molecule has 0 aromatic heterocycles. The Morgan fingerprint density at radius 3 is 2.44 bits per heavy atom. The van der Waals surface area contributed by atoms with Gasteiger partial charge in [-0.15, -0.1) is 0 Å². The molecular formula is C10H12F3NO2. The number of nitro groups is 1. The highest BCUT2D eigenvalue weighted by Crippen LogP contribution is 2.40. The van der Waals surface area contributed by atoms with Crippen molar-refractivity contribution in [2.24, 2.45) is 11.8 Å². The van der Waals surface area contributed by atoms with Crippen LogP contribution < -0.4 is 0 Å². The molecule has 0 radical (unpaired) electrons. The maximum atomic E-state index is 12.6. The van der Waals surface area contributed by atoms with Crippen LogP contribution in [0.25, 0.3) is 0 Å². The number of hydrogen-bond donors (Lipinski definition) is 0. The zero-order chi connectivity index (χ0) is 12.5. The molecule has 0 fully saturated rings. The van der Waals surface area contributed by atoms with Crippen LogP contribution in [0.3, 0.4) is 0 Å². The summed E-state index contributed by atoms with van der Waals surface area (Å²) in [6.45, 7) is 2.93. The Morgan fingerprint density at radius 1 is 1.50 bits per heavy atom. The maximum absolute atomic E-state index is 12.6. The molecule has 16 heavy (non-hydrogen) atoms. The molecule has 1 aliphatic rings. The van der Waals surface area contributed by atoms with Crippen molar-refractivity contribution in [2.45, 2.75) is 26.4 Å². The fraction of sp³-hybridized carbons (Fsp3) is 0.600. The molecule has 0 saturated carbocycles. The second-order valence-corrected chi connectivity index (χ2v) is 3.74. The molecule has 0 aromatic rings. The molecule has 1 rings (SSSR count). The first-order valence-corrected chi connectivity index (χ1v) is 4.91. The Balaban J connectivity index is 3.14. The van der Waals surface area contributed by atoms with E-state index >= 15 is 0 Å². The second kappa shape index (κ2) is 4.27. The molecule has 2 atom stereocenters. The van der Waals surface area contributed by atoms with Crippen molar-refractivity contribution in [1.82, 2.24) is 0 Å². The van der Waals surface area contributed by atoms with Crippen molar-refractivity contribution in [2.75, 3.05) is 0 Å². The molecule has 0 N–H and O–H groups in total. The van der Waals surface area contributed by atoms with Crippen LogP contribution in [-0.4, -0.2) is 11.1 Å². The van der Waals surface area contributed by atoms with Crippen LogP contribution in [0.4, 0.5) is 13.2 Å². The van der Waals surface area contributed by atoms with Crippen LogP contribution in [0.5, 0.6) is 0 Å². The first kappa shape index (κ1) is 12.7. The molecule has 0 saturated heterocycles. The number of allylic oxidation sites excluding steroid dienone is 4. The highest BCUT2D eigenvalue weighted by Gasteiger charge is 2.47. The minimum atomic E-state index is -4.43. The van der Waals surface area contributed by atoms with Crippen molar-refractivity contribution in [3.8, 4) is 0 Å². The fourth-order valence-corrected chi connectivity index (χ4v) is 1.91. The van der Waals surface area contributed by atoms with Crippen molar-refractivity contribution in [3.05, 3.63) is 33.5 Å². The van der Waals surface area contributed by atoms with Crippen LogP contribution in [0.2, 0.25) is 0 Å². The Bertz CT molecular complexity index is 358. The van der Waals surface area contributed by atoms with E-state index in [1.165, 1.54) is 13.0 Å². The SMILES string of the molecule is CCC1=C([N+](=O)[O-])C(C)C(C(F)(F)F)C=C1. The van der Waals surface area contributed by atoms with Gasteiger partial charge in [0.1, 0.15) is 0 Å². The lowest BCUT2D eigenvalue weighted by Gasteiger charge is -2.25. The van der Waals surface area contributed by atoms with E-state index in [9.17, 15) is 23.3 Å². The average molecular weight is 235 g/mol. The predicted octanol–water partition coefficient (Wildman–Crippen LogP) is 3.31. The zero-order valence-corrected chi connectivity index (χ0v) is 8.91. The van der Waals surface area contributed by atoms with E-state index < -0.39 is 22.9 Å². The summed E-state index contributed by atoms with van der Waals surface area (Å²) in [6.07, 6.45) is -1.84. The minimum Gasteiger partial charge on any atom is -0.259 e. The van der Waals surface area contributed by atoms with Crippen LogP contribution in [0.1, 0.15) is 20.3 Å². The summed E-state index contributed by atoms with van der Waals surface area (Å²) in [5, 5.41) is 10.8. The van der Waals surface area contributed by atoms with Gasteiger partial charge in [0.15, 0.2) is 0 Å². The summed E-state index contributed by atoms with van der Waals surface area (Å²) >= 11 is 0. The number of rotatable bonds is 2. The van der Waals surface area contributed by atoms with Gasteiger partial charge in [-0.1, -0.05) is 26.0 Å². The first-order valence-electron chi connectivity index (χ1n) is 4.91. The second-order valence-electron chi connectivity index (χ2n) is 3.74. The molecule has 0 bridgehead atoms. The summed E-state index contributed by atoms with van der Waals surface area (Å²) < 4.78 is 37.7. The predicted molar refractivity (Wildman–Crippen MR) is 52.2 cm³/mol. The quantitative estimate of drug-likeness (QED) is 0.544. The lowest BCUT2D eigenvalue weighted by Crippen LogP contribution is -2.32. The van der Waals surface area contributed by atoms with Crippen molar-refractivity contribution in [1.29, 1.82) is 0 Å². The third-order valence-corrected chi connectivity index (χ3v) is 2.76. The zero-order valence-electron chi connectivity index (χ0n) is 8.91. The minimum absolute atomic E-state index is 0.313. The summed E-state index contributed by atoms with van der Waals surface area (Å²) in [4.78, 5) is 10.1. The van der Waals surface area contributed by atoms with Crippen LogP contribution in [0, 0.1) is 22.0 Å². The van der Waals surface area contributed by atoms with Gasteiger partial charge < -0.3 is 0 Å². The molecule has 0 spiro atoms. The standard InChI is InChI=1S/C10H12F3NO2/c1-3-7-4-5-8(10(11,12)13)6(2)9(7)14(15)16/h4-6,8H,3H2,1-2H3. The molecule has 0 amide bonds. The van der Waals surface area contributed by atoms with E-state index in [-0.39, 0.29) is 5.70 Å². The molecule has 1 aliphatic carbocycles. The Labute approximate surface area is 90.8 Å². The monoisotopic (exact) mass is 235 g/mol. The largest absolute Gasteiger partial charge is 0.395 e. The van der Waals surface area contributed by atoms with Gasteiger partial charge in [0.25, 0.3) is 5.70 Å². The third kappa shape index (κ3) is 2.25. The Kier molecular flexibility index (Phi) is 3.40. The van der Waals surface area contributed by atoms with Crippen LogP contribution in [-0.2, 0) is 0 Å². The number of nitrogens with zero attached hydrogens (tertiary/aromatic N) is 1. The van der Waals surface area contributed by atoms with Gasteiger partial charge in [-0.05, 0) is 6.42 Å². The van der Waals surface area contributed by atoms with Crippen molar-refractivity contribution in [3.63, 3.8) is 0 Å². The van der Waals surface area contributed by atoms with Crippen molar-refractivity contribution < 1.29 is 18.1 Å². The normalized spacial score (nSPS) is 26.1. The highest BCUT2D eigenvalue weighted by atomic mass is 19.4. The summed E-state index contributed by atoms with van der Waals surface area (Å²) in [6, 6.07) is 0. The van der Waals surface area contributed by atoms with Gasteiger partial charge in [0.2, 0.25) is 0 Å². The van der Waals surface area contributed by atoms with E-state index in [1.54, 1.807) is 6.92 Å². The lowest BCUT2D eigenvalue weighted by atomic mass is 9.83. The molecule has 0 heterocycles. The fourth-order valence-electron chi connectivity index (χ4n) is 1.91. The van der Waals surface area contributed by atoms with E-state index in [4.69, 9.17) is 0 Å². The molecule has 2 unspecified atom stereocenters. The number of alkyl halides is 3. The third-order valence-electron chi connectivity index (χ3n) is 2.76. The smallest absolute Gasteiger partial charge is 0.259 e. The Hall–Kier alpha value is -1.33. The van der Waals surface area contributed by atoms with E-state index in [2.05, 4.69) is 0 Å². The van der Waals surface area contributed by atoms with Crippen molar-refractivity contribution >= 4 is 0 Å². The van der Waals surface area contributed by atoms with Gasteiger partial charge in [-0.3, -0.25) is 10.1 Å². The topological polar surface area (TPSA) is 43.1 Å². The number of hydrogen-bond acceptors (Lipinski definition) is 2. The van der Waals surface area contributed by atoms with Crippen LogP contribution >= 0.6 is 0 Å². The molecule has 0 aliphatic heterocycles. The maximum Gasteiger partial charge on any atom is 0.395 e. The van der Waals surface area contributed by atoms with Gasteiger partial charge in [0.05, 0.1) is 16.8 Å². The highest BCUT2D eigenvalue weighted by molar-refractivity contribution is 5.29. The van der Waals surface area contributed by atoms with Crippen LogP contribution in [0.15, 0.2) is 23.4 Å². The van der Waals surface area contributed by atoms with Gasteiger partial charge >= 0.3 is 6.18 Å². The summed E-state index contributed by atoms with van der Waals surface area (Å²) in [5.74, 6) is -2.89. The Morgan fingerprint density at radius 2 is 2.06 bits per heavy atom. The molecule has 0 aromatic carbocycles. The van der Waals surface area contributed by atoms with E-state index in [0.717, 1.165) is 6.08 Å². The lowest BCUT2D eigenvalue weighted by molar-refractivity contribution is -0.438. The van der Waals surface area contributed by atoms with E-state index in [0.29, 0.717) is 12.0 Å². The molecule has 3 nitrogen and oxygen atoms in total. The molecule has 6 heteroatoms. The van der Waals surface area contributed by atoms with Gasteiger partial charge in [0, 0.05) is 5.57 Å². The van der Waals surface area contributed by atoms with Gasteiger partial charge in [-0.2, -0.15) is 13.2 Å². The van der Waals surface area contributed by atoms with Gasteiger partial charge in [-0.25, -0.2) is 0 Å². The molecular weight excluding hydrogens is 223 g/mol. The number of halogens is 3.